The summed E-state index contributed by atoms with van der Waals surface area (Å²) < 4.78 is 0. The second kappa shape index (κ2) is 3.54. The Morgan fingerprint density at radius 3 is 2.40 bits per heavy atom. The van der Waals surface area contributed by atoms with Gasteiger partial charge >= 0.3 is 0 Å². The molecule has 76 valence electrons. The van der Waals surface area contributed by atoms with E-state index in [1.807, 2.05) is 0 Å². The Labute approximate surface area is 91.2 Å². The molecule has 0 N–H and O–H groups in total. The van der Waals surface area contributed by atoms with E-state index in [1.54, 1.807) is 0 Å². The number of hydrogen-bond acceptors (Lipinski definition) is 0. The van der Waals surface area contributed by atoms with Crippen LogP contribution in [0.5, 0.6) is 0 Å². The van der Waals surface area contributed by atoms with Crippen molar-refractivity contribution < 1.29 is 0 Å². The first-order valence-corrected chi connectivity index (χ1v) is 5.25. The van der Waals surface area contributed by atoms with Crippen LogP contribution < -0.4 is 0 Å². The molecule has 0 aliphatic heterocycles. The predicted octanol–water partition coefficient (Wildman–Crippen LogP) is 4.49. The first-order chi connectivity index (χ1) is 7.09. The maximum Gasteiger partial charge on any atom is -0.0104 e. The van der Waals surface area contributed by atoms with Gasteiger partial charge in [-0.05, 0) is 42.7 Å². The Morgan fingerprint density at radius 2 is 1.73 bits per heavy atom. The molecule has 0 saturated carbocycles. The number of aryl methyl sites for hydroxylation is 2. The lowest BCUT2D eigenvalue weighted by molar-refractivity contribution is 1.46. The van der Waals surface area contributed by atoms with Gasteiger partial charge in [0.25, 0.3) is 0 Å². The minimum absolute atomic E-state index is 1.13. The van der Waals surface area contributed by atoms with Crippen molar-refractivity contribution in [3.8, 4) is 0 Å². The van der Waals surface area contributed by atoms with Gasteiger partial charge in [0.05, 0.1) is 0 Å². The number of allylic oxidation sites excluding steroid dienone is 1. The molecule has 0 spiro atoms. The lowest BCUT2D eigenvalue weighted by Gasteiger charge is -2.09. The second-order valence-corrected chi connectivity index (χ2v) is 4.26. The third-order valence-electron chi connectivity index (χ3n) is 2.85. The summed E-state index contributed by atoms with van der Waals surface area (Å²) in [4.78, 5) is 0. The van der Waals surface area contributed by atoms with E-state index in [-0.39, 0.29) is 0 Å². The number of fused-ring (bicyclic) bond motifs is 1. The molecule has 0 heteroatoms. The van der Waals surface area contributed by atoms with E-state index < -0.39 is 0 Å². The van der Waals surface area contributed by atoms with Crippen LogP contribution in [-0.4, -0.2) is 0 Å². The van der Waals surface area contributed by atoms with E-state index in [1.165, 1.54) is 27.5 Å². The van der Waals surface area contributed by atoms with Crippen molar-refractivity contribution in [2.75, 3.05) is 0 Å². The van der Waals surface area contributed by atoms with Crippen molar-refractivity contribution >= 4 is 16.3 Å². The molecule has 0 nitrogen and oxygen atoms in total. The summed E-state index contributed by atoms with van der Waals surface area (Å²) in [5.41, 5.74) is 5.02. The maximum absolute atomic E-state index is 4.03. The standard InChI is InChI=1S/C15H16/c1-10(2)13-8-6-12(4)14-7-5-11(3)9-15(13)14/h5-9H,1H2,2-4H3. The number of hydrogen-bond donors (Lipinski definition) is 0. The molecular weight excluding hydrogens is 180 g/mol. The summed E-state index contributed by atoms with van der Waals surface area (Å²) in [5.74, 6) is 0. The van der Waals surface area contributed by atoms with E-state index >= 15 is 0 Å². The summed E-state index contributed by atoms with van der Waals surface area (Å²) >= 11 is 0. The summed E-state index contributed by atoms with van der Waals surface area (Å²) in [6, 6.07) is 10.9. The molecule has 0 heterocycles. The molecule has 15 heavy (non-hydrogen) atoms. The molecule has 0 atom stereocenters. The quantitative estimate of drug-likeness (QED) is 0.630. The highest BCUT2D eigenvalue weighted by atomic mass is 14.1. The Morgan fingerprint density at radius 1 is 1.00 bits per heavy atom. The third kappa shape index (κ3) is 1.68. The Hall–Kier alpha value is -1.56. The maximum atomic E-state index is 4.03. The normalized spacial score (nSPS) is 10.6. The van der Waals surface area contributed by atoms with Gasteiger partial charge in [-0.25, -0.2) is 0 Å². The van der Waals surface area contributed by atoms with Gasteiger partial charge in [0.1, 0.15) is 0 Å². The van der Waals surface area contributed by atoms with Crippen LogP contribution in [0.1, 0.15) is 23.6 Å². The summed E-state index contributed by atoms with van der Waals surface area (Å²) in [6.45, 7) is 10.4. The molecule has 0 radical (unpaired) electrons. The van der Waals surface area contributed by atoms with Crippen molar-refractivity contribution in [2.45, 2.75) is 20.8 Å². The summed E-state index contributed by atoms with van der Waals surface area (Å²) in [7, 11) is 0. The molecule has 0 bridgehead atoms. The molecular formula is C15H16. The first kappa shape index (κ1) is 9.97. The van der Waals surface area contributed by atoms with Crippen molar-refractivity contribution in [1.29, 1.82) is 0 Å². The topological polar surface area (TPSA) is 0 Å². The lowest BCUT2D eigenvalue weighted by atomic mass is 9.95. The van der Waals surface area contributed by atoms with Gasteiger partial charge in [0, 0.05) is 0 Å². The number of benzene rings is 2. The molecule has 0 amide bonds. The van der Waals surface area contributed by atoms with Crippen molar-refractivity contribution in [1.82, 2.24) is 0 Å². The second-order valence-electron chi connectivity index (χ2n) is 4.26. The van der Waals surface area contributed by atoms with Crippen LogP contribution in [0.25, 0.3) is 16.3 Å². The predicted molar refractivity (Wildman–Crippen MR) is 68.1 cm³/mol. The molecule has 2 rings (SSSR count). The van der Waals surface area contributed by atoms with Gasteiger partial charge in [-0.15, -0.1) is 0 Å². The highest BCUT2D eigenvalue weighted by Gasteiger charge is 2.03. The molecule has 0 aliphatic rings. The average Bonchev–Trinajstić information content (AvgIpc) is 2.17. The van der Waals surface area contributed by atoms with Crippen LogP contribution in [-0.2, 0) is 0 Å². The Balaban J connectivity index is 2.90. The van der Waals surface area contributed by atoms with Crippen molar-refractivity contribution in [3.63, 3.8) is 0 Å². The van der Waals surface area contributed by atoms with Crippen LogP contribution in [0.3, 0.4) is 0 Å². The minimum Gasteiger partial charge on any atom is -0.0955 e. The van der Waals surface area contributed by atoms with Crippen LogP contribution in [0, 0.1) is 13.8 Å². The molecule has 2 aromatic rings. The molecule has 0 aromatic heterocycles. The van der Waals surface area contributed by atoms with Gasteiger partial charge in [0.15, 0.2) is 0 Å². The van der Waals surface area contributed by atoms with Crippen molar-refractivity contribution in [3.05, 3.63) is 53.6 Å². The zero-order valence-electron chi connectivity index (χ0n) is 9.59. The molecule has 0 unspecified atom stereocenters. The largest absolute Gasteiger partial charge is 0.0955 e. The zero-order chi connectivity index (χ0) is 11.0. The van der Waals surface area contributed by atoms with E-state index in [2.05, 4.69) is 57.7 Å². The van der Waals surface area contributed by atoms with Crippen LogP contribution in [0.15, 0.2) is 36.9 Å². The van der Waals surface area contributed by atoms with Gasteiger partial charge < -0.3 is 0 Å². The number of rotatable bonds is 1. The SMILES string of the molecule is C=C(C)c1ccc(C)c2ccc(C)cc12. The third-order valence-corrected chi connectivity index (χ3v) is 2.85. The molecule has 0 fully saturated rings. The highest BCUT2D eigenvalue weighted by molar-refractivity contribution is 5.95. The molecule has 2 aromatic carbocycles. The Kier molecular flexibility index (Phi) is 2.36. The van der Waals surface area contributed by atoms with Crippen molar-refractivity contribution in [2.24, 2.45) is 0 Å². The van der Waals surface area contributed by atoms with Crippen LogP contribution in [0.4, 0.5) is 0 Å². The van der Waals surface area contributed by atoms with Gasteiger partial charge in [0.2, 0.25) is 0 Å². The monoisotopic (exact) mass is 196 g/mol. The fraction of sp³-hybridized carbons (Fsp3) is 0.200. The van der Waals surface area contributed by atoms with E-state index in [0.29, 0.717) is 0 Å². The summed E-state index contributed by atoms with van der Waals surface area (Å²) in [5, 5.41) is 2.66. The van der Waals surface area contributed by atoms with E-state index in [0.717, 1.165) is 5.57 Å². The van der Waals surface area contributed by atoms with Gasteiger partial charge in [-0.2, -0.15) is 0 Å². The average molecular weight is 196 g/mol. The minimum atomic E-state index is 1.13. The van der Waals surface area contributed by atoms with Crippen LogP contribution in [0.2, 0.25) is 0 Å². The summed E-state index contributed by atoms with van der Waals surface area (Å²) in [6.07, 6.45) is 0. The first-order valence-electron chi connectivity index (χ1n) is 5.25. The fourth-order valence-corrected chi connectivity index (χ4v) is 1.98. The van der Waals surface area contributed by atoms with E-state index in [9.17, 15) is 0 Å². The fourth-order valence-electron chi connectivity index (χ4n) is 1.98. The Bertz CT molecular complexity index is 533. The highest BCUT2D eigenvalue weighted by Crippen LogP contribution is 2.27. The smallest absolute Gasteiger partial charge is 0.0104 e. The zero-order valence-corrected chi connectivity index (χ0v) is 9.59. The van der Waals surface area contributed by atoms with Gasteiger partial charge in [-0.3, -0.25) is 0 Å². The molecule has 0 saturated heterocycles. The lowest BCUT2D eigenvalue weighted by Crippen LogP contribution is -1.86. The molecule has 0 aliphatic carbocycles. The van der Waals surface area contributed by atoms with E-state index in [4.69, 9.17) is 0 Å². The van der Waals surface area contributed by atoms with Gasteiger partial charge in [-0.1, -0.05) is 48.0 Å². The van der Waals surface area contributed by atoms with Crippen LogP contribution >= 0.6 is 0 Å².